The topological polar surface area (TPSA) is 129 Å². The third kappa shape index (κ3) is 11.6. The van der Waals surface area contributed by atoms with E-state index in [1.54, 1.807) is 12.1 Å². The maximum absolute atomic E-state index is 14.5. The van der Waals surface area contributed by atoms with Crippen LogP contribution in [0.1, 0.15) is 69.4 Å². The number of anilines is 4. The standard InChI is InChI=1S/C39H52FN7O5P.ClH/c1-3-47(29-52-53(48,50-27-30-15-8-6-9-16-30)51-28-31-17-10-7-11-18-31)24-14-21-34(47)26-41-37-44-38(42-32-19-12-4-5-13-20-32)46-39(45-37)43-33-22-23-36(49-2)35(40)25-33;/h6-11,15-18,22-23,25,32,34H,3-5,12-14,19-21,24,26-29H2,1-2H3,(H3,41,42,43,44,45,46);1H/q+1;/p-1. The Labute approximate surface area is 324 Å². The van der Waals surface area contributed by atoms with Crippen LogP contribution < -0.4 is 33.1 Å². The lowest BCUT2D eigenvalue weighted by molar-refractivity contribution is -0.950. The number of ether oxygens (including phenoxy) is 1. The lowest BCUT2D eigenvalue weighted by atomic mass is 10.1. The van der Waals surface area contributed by atoms with Crippen molar-refractivity contribution in [3.8, 4) is 5.75 Å². The third-order valence-electron chi connectivity index (χ3n) is 10.2. The first-order valence-corrected chi connectivity index (χ1v) is 20.2. The number of nitrogens with zero attached hydrogens (tertiary/aromatic N) is 4. The van der Waals surface area contributed by atoms with Crippen LogP contribution in [-0.2, 0) is 31.4 Å². The molecule has 1 saturated carbocycles. The van der Waals surface area contributed by atoms with E-state index in [1.165, 1.54) is 26.0 Å². The molecule has 2 unspecified atom stereocenters. The number of quaternary nitrogens is 1. The molecule has 1 aliphatic carbocycles. The number of aromatic nitrogens is 3. The molecule has 15 heteroatoms. The Morgan fingerprint density at radius 1 is 0.796 bits per heavy atom. The van der Waals surface area contributed by atoms with Crippen LogP contribution in [0.5, 0.6) is 5.75 Å². The summed E-state index contributed by atoms with van der Waals surface area (Å²) in [7, 11) is -2.53. The molecule has 0 radical (unpaired) electrons. The molecule has 2 heterocycles. The Morgan fingerprint density at radius 3 is 2.04 bits per heavy atom. The minimum Gasteiger partial charge on any atom is -1.00 e. The van der Waals surface area contributed by atoms with Crippen LogP contribution in [0, 0.1) is 5.82 Å². The number of hydrogen-bond acceptors (Lipinski definition) is 11. The van der Waals surface area contributed by atoms with Crippen LogP contribution in [0.25, 0.3) is 0 Å². The van der Waals surface area contributed by atoms with E-state index in [0.717, 1.165) is 62.7 Å². The molecule has 1 saturated heterocycles. The van der Waals surface area contributed by atoms with Gasteiger partial charge in [-0.05, 0) is 43.0 Å². The van der Waals surface area contributed by atoms with Gasteiger partial charge >= 0.3 is 7.82 Å². The van der Waals surface area contributed by atoms with Crippen molar-refractivity contribution >= 4 is 31.4 Å². The summed E-state index contributed by atoms with van der Waals surface area (Å²) in [5, 5.41) is 10.2. The first-order valence-electron chi connectivity index (χ1n) is 18.7. The SMILES string of the molecule is CC[N+]1(COP(=O)(OCc2ccccc2)OCc2ccccc2)CCCC1CNc1nc(Nc2ccc(OC)c(F)c2)nc(NC2CCCCCC2)n1.[Cl-]. The van der Waals surface area contributed by atoms with Crippen LogP contribution >= 0.6 is 7.82 Å². The lowest BCUT2D eigenvalue weighted by Gasteiger charge is -2.39. The molecule has 6 rings (SSSR count). The summed E-state index contributed by atoms with van der Waals surface area (Å²) in [6, 6.07) is 24.2. The maximum atomic E-state index is 14.5. The summed E-state index contributed by atoms with van der Waals surface area (Å²) < 4.78 is 52.4. The van der Waals surface area contributed by atoms with Gasteiger partial charge in [0.05, 0.1) is 40.0 Å². The third-order valence-corrected chi connectivity index (χ3v) is 11.5. The number of nitrogens with one attached hydrogen (secondary N) is 3. The Hall–Kier alpha value is -3.84. The van der Waals surface area contributed by atoms with E-state index < -0.39 is 13.6 Å². The number of hydrogen-bond donors (Lipinski definition) is 3. The zero-order chi connectivity index (χ0) is 36.9. The van der Waals surface area contributed by atoms with Crippen LogP contribution in [0.4, 0.5) is 27.9 Å². The van der Waals surface area contributed by atoms with Gasteiger partial charge in [-0.3, -0.25) is 13.5 Å². The van der Waals surface area contributed by atoms with E-state index in [0.29, 0.717) is 34.6 Å². The summed E-state index contributed by atoms with van der Waals surface area (Å²) in [6.45, 7) is 4.62. The molecule has 3 N–H and O–H groups in total. The molecule has 0 amide bonds. The maximum Gasteiger partial charge on any atom is 0.479 e. The first kappa shape index (κ1) is 41.3. The van der Waals surface area contributed by atoms with Gasteiger partial charge in [-0.25, -0.2) is 13.5 Å². The predicted octanol–water partition coefficient (Wildman–Crippen LogP) is 5.83. The number of halogens is 2. The fraction of sp³-hybridized carbons (Fsp3) is 0.462. The number of likely N-dealkylation sites (tertiary alicyclic amines) is 1. The summed E-state index contributed by atoms with van der Waals surface area (Å²) in [4.78, 5) is 14.1. The number of likely N-dealkylation sites (N-methyl/N-ethyl adjacent to an activating group) is 1. The Balaban J connectivity index is 0.00000561. The monoisotopic (exact) mass is 783 g/mol. The van der Waals surface area contributed by atoms with Gasteiger partial charge in [-0.2, -0.15) is 15.0 Å². The van der Waals surface area contributed by atoms with Crippen molar-refractivity contribution in [1.82, 2.24) is 15.0 Å². The van der Waals surface area contributed by atoms with E-state index >= 15 is 0 Å². The van der Waals surface area contributed by atoms with E-state index in [4.69, 9.17) is 23.3 Å². The van der Waals surface area contributed by atoms with Gasteiger partial charge in [-0.1, -0.05) is 86.3 Å². The van der Waals surface area contributed by atoms with Gasteiger partial charge in [0, 0.05) is 30.6 Å². The second kappa shape index (κ2) is 20.2. The first-order chi connectivity index (χ1) is 25.8. The van der Waals surface area contributed by atoms with E-state index in [2.05, 4.69) is 32.8 Å². The fourth-order valence-electron chi connectivity index (χ4n) is 7.09. The Bertz CT molecular complexity index is 1740. The zero-order valence-corrected chi connectivity index (χ0v) is 32.7. The molecule has 292 valence electrons. The molecule has 2 aliphatic rings. The average molecular weight is 784 g/mol. The van der Waals surface area contributed by atoms with Gasteiger partial charge in [0.25, 0.3) is 0 Å². The average Bonchev–Trinajstić information content (AvgIpc) is 3.42. The smallest absolute Gasteiger partial charge is 0.479 e. The molecule has 2 atom stereocenters. The predicted molar refractivity (Wildman–Crippen MR) is 204 cm³/mol. The van der Waals surface area contributed by atoms with Crippen LogP contribution in [-0.4, -0.2) is 65.0 Å². The van der Waals surface area contributed by atoms with Crippen molar-refractivity contribution in [1.29, 1.82) is 0 Å². The molecule has 4 aromatic rings. The summed E-state index contributed by atoms with van der Waals surface area (Å²) in [5.41, 5.74) is 2.24. The van der Waals surface area contributed by atoms with Crippen LogP contribution in [0.2, 0.25) is 0 Å². The molecular weight excluding hydrogens is 732 g/mol. The number of methoxy groups -OCH3 is 1. The summed E-state index contributed by atoms with van der Waals surface area (Å²) in [5.74, 6) is 0.825. The molecule has 0 bridgehead atoms. The number of rotatable bonds is 18. The molecule has 1 aromatic heterocycles. The van der Waals surface area contributed by atoms with Gasteiger partial charge in [0.2, 0.25) is 17.8 Å². The highest BCUT2D eigenvalue weighted by Gasteiger charge is 2.43. The summed E-state index contributed by atoms with van der Waals surface area (Å²) >= 11 is 0. The van der Waals surface area contributed by atoms with Crippen molar-refractivity contribution in [2.45, 2.75) is 83.6 Å². The largest absolute Gasteiger partial charge is 1.00 e. The minimum absolute atomic E-state index is 0. The molecule has 54 heavy (non-hydrogen) atoms. The quantitative estimate of drug-likeness (QED) is 0.0641. The normalized spacial score (nSPS) is 19.1. The van der Waals surface area contributed by atoms with Crippen LogP contribution in [0.15, 0.2) is 78.9 Å². The number of phosphoric acid groups is 1. The van der Waals surface area contributed by atoms with Crippen molar-refractivity contribution in [2.75, 3.05) is 49.4 Å². The van der Waals surface area contributed by atoms with Crippen molar-refractivity contribution < 1.29 is 44.2 Å². The Morgan fingerprint density at radius 2 is 1.43 bits per heavy atom. The second-order valence-corrected chi connectivity index (χ2v) is 15.4. The van der Waals surface area contributed by atoms with Gasteiger partial charge < -0.3 is 33.1 Å². The molecule has 1 aliphatic heterocycles. The Kier molecular flexibility index (Phi) is 15.4. The van der Waals surface area contributed by atoms with Crippen LogP contribution in [0.3, 0.4) is 0 Å². The van der Waals surface area contributed by atoms with Crippen molar-refractivity contribution in [2.24, 2.45) is 0 Å². The zero-order valence-electron chi connectivity index (χ0n) is 31.1. The molecular formula is C39H52ClFN7O5P. The van der Waals surface area contributed by atoms with Crippen molar-refractivity contribution in [3.05, 3.63) is 95.8 Å². The summed E-state index contributed by atoms with van der Waals surface area (Å²) in [6.07, 6.45) is 8.78. The second-order valence-electron chi connectivity index (χ2n) is 13.8. The highest BCUT2D eigenvalue weighted by Crippen LogP contribution is 2.52. The highest BCUT2D eigenvalue weighted by molar-refractivity contribution is 7.48. The highest BCUT2D eigenvalue weighted by atomic mass is 35.5. The molecule has 0 spiro atoms. The van der Waals surface area contributed by atoms with Gasteiger partial charge in [0.1, 0.15) is 6.04 Å². The van der Waals surface area contributed by atoms with Crippen molar-refractivity contribution in [3.63, 3.8) is 0 Å². The van der Waals surface area contributed by atoms with Gasteiger partial charge in [0.15, 0.2) is 18.3 Å². The molecule has 12 nitrogen and oxygen atoms in total. The molecule has 3 aromatic carbocycles. The fourth-order valence-corrected chi connectivity index (χ4v) is 8.30. The minimum atomic E-state index is -3.96. The lowest BCUT2D eigenvalue weighted by Crippen LogP contribution is -3.00. The molecule has 2 fully saturated rings. The van der Waals surface area contributed by atoms with E-state index in [-0.39, 0.29) is 50.2 Å². The van der Waals surface area contributed by atoms with E-state index in [1.807, 2.05) is 60.7 Å². The number of benzene rings is 3. The van der Waals surface area contributed by atoms with Gasteiger partial charge in [-0.15, -0.1) is 0 Å². The van der Waals surface area contributed by atoms with E-state index in [9.17, 15) is 8.96 Å². The number of phosphoric ester groups is 1.